The molecule has 10 heteroatoms. The number of hydrogen-bond acceptors (Lipinski definition) is 7. The number of carbonyl (C=O) groups is 2. The van der Waals surface area contributed by atoms with Gasteiger partial charge in [0.2, 0.25) is 0 Å². The number of H-pyrrole nitrogens is 1. The summed E-state index contributed by atoms with van der Waals surface area (Å²) in [6.07, 6.45) is 2.62. The fourth-order valence-corrected chi connectivity index (χ4v) is 5.21. The van der Waals surface area contributed by atoms with Crippen molar-refractivity contribution in [1.82, 2.24) is 25.1 Å². The zero-order valence-electron chi connectivity index (χ0n) is 18.6. The van der Waals surface area contributed by atoms with Gasteiger partial charge in [-0.25, -0.2) is 9.97 Å². The van der Waals surface area contributed by atoms with Gasteiger partial charge in [-0.15, -0.1) is 0 Å². The number of ether oxygens (including phenoxy) is 1. The smallest absolute Gasteiger partial charge is 0.267 e. The summed E-state index contributed by atoms with van der Waals surface area (Å²) in [6.45, 7) is 0.476. The van der Waals surface area contributed by atoms with Crippen LogP contribution in [0.4, 0.5) is 0 Å². The molecule has 0 spiro atoms. The molecule has 2 fully saturated rings. The minimum Gasteiger partial charge on any atom is -0.374 e. The van der Waals surface area contributed by atoms with Gasteiger partial charge in [0.1, 0.15) is 5.69 Å². The molecule has 0 radical (unpaired) electrons. The largest absolute Gasteiger partial charge is 0.374 e. The lowest BCUT2D eigenvalue weighted by Crippen LogP contribution is -2.36. The van der Waals surface area contributed by atoms with Gasteiger partial charge in [0.05, 0.1) is 29.3 Å². The molecule has 5 heterocycles. The summed E-state index contributed by atoms with van der Waals surface area (Å²) in [5.41, 5.74) is 8.23. The summed E-state index contributed by atoms with van der Waals surface area (Å²) in [5.74, 6) is -0.532. The number of likely N-dealkylation sites (N-methyl/N-ethyl adjacent to an activating group) is 1. The Balaban J connectivity index is 1.38. The van der Waals surface area contributed by atoms with Gasteiger partial charge in [-0.1, -0.05) is 18.2 Å². The van der Waals surface area contributed by atoms with Crippen LogP contribution in [0.5, 0.6) is 0 Å². The Bertz CT molecular complexity index is 1340. The van der Waals surface area contributed by atoms with Crippen LogP contribution in [-0.2, 0) is 21.6 Å². The highest BCUT2D eigenvalue weighted by atomic mass is 16.5. The molecular formula is C24H24N6O4. The SMILES string of the molecule is CN1CCC(O)(c2cc(-c3cccc(-c4nc5c(c(C(N)=O)n4)[C@@H]4CC[C@H](C5)O4)c3)n[nH]2)C1=O. The average Bonchev–Trinajstić information content (AvgIpc) is 3.55. The lowest BCUT2D eigenvalue weighted by Gasteiger charge is -2.24. The maximum absolute atomic E-state index is 12.4. The first kappa shape index (κ1) is 20.9. The molecule has 4 N–H and O–H groups in total. The predicted molar refractivity (Wildman–Crippen MR) is 120 cm³/mol. The molecule has 0 aliphatic carbocycles. The quantitative estimate of drug-likeness (QED) is 0.534. The molecule has 3 aliphatic rings. The van der Waals surface area contributed by atoms with Crippen molar-refractivity contribution in [3.63, 3.8) is 0 Å². The highest BCUT2D eigenvalue weighted by molar-refractivity contribution is 5.93. The van der Waals surface area contributed by atoms with Crippen LogP contribution in [0, 0.1) is 0 Å². The van der Waals surface area contributed by atoms with Gasteiger partial charge < -0.3 is 20.5 Å². The first-order valence-electron chi connectivity index (χ1n) is 11.3. The molecule has 1 aromatic carbocycles. The number of fused-ring (bicyclic) bond motifs is 4. The third kappa shape index (κ3) is 3.13. The second-order valence-corrected chi connectivity index (χ2v) is 9.23. The number of hydrogen-bond donors (Lipinski definition) is 3. The van der Waals surface area contributed by atoms with Crippen LogP contribution >= 0.6 is 0 Å². The van der Waals surface area contributed by atoms with Crippen LogP contribution in [-0.4, -0.2) is 61.7 Å². The molecular weight excluding hydrogens is 436 g/mol. The van der Waals surface area contributed by atoms with E-state index >= 15 is 0 Å². The highest BCUT2D eigenvalue weighted by Crippen LogP contribution is 2.42. The molecule has 2 aromatic heterocycles. The summed E-state index contributed by atoms with van der Waals surface area (Å²) in [7, 11) is 1.66. The number of benzene rings is 1. The molecule has 2 amide bonds. The van der Waals surface area contributed by atoms with Crippen molar-refractivity contribution in [3.8, 4) is 22.6 Å². The minimum absolute atomic E-state index is 0.109. The van der Waals surface area contributed by atoms with E-state index < -0.39 is 11.5 Å². The number of primary amides is 1. The van der Waals surface area contributed by atoms with Crippen molar-refractivity contribution in [3.05, 3.63) is 53.0 Å². The van der Waals surface area contributed by atoms with Crippen LogP contribution in [0.25, 0.3) is 22.6 Å². The van der Waals surface area contributed by atoms with Gasteiger partial charge in [0, 0.05) is 43.1 Å². The first-order chi connectivity index (χ1) is 16.3. The Morgan fingerprint density at radius 3 is 2.85 bits per heavy atom. The van der Waals surface area contributed by atoms with Crippen molar-refractivity contribution in [2.75, 3.05) is 13.6 Å². The van der Waals surface area contributed by atoms with E-state index in [4.69, 9.17) is 15.5 Å². The molecule has 0 saturated carbocycles. The number of aromatic nitrogens is 4. The highest BCUT2D eigenvalue weighted by Gasteiger charge is 2.46. The summed E-state index contributed by atoms with van der Waals surface area (Å²) < 4.78 is 5.96. The fraction of sp³-hybridized carbons (Fsp3) is 0.375. The molecule has 174 valence electrons. The average molecular weight is 460 g/mol. The maximum Gasteiger partial charge on any atom is 0.267 e. The third-order valence-corrected chi connectivity index (χ3v) is 7.06. The number of likely N-dealkylation sites (tertiary alicyclic amines) is 1. The molecule has 34 heavy (non-hydrogen) atoms. The summed E-state index contributed by atoms with van der Waals surface area (Å²) in [4.78, 5) is 35.5. The van der Waals surface area contributed by atoms with E-state index in [2.05, 4.69) is 15.2 Å². The van der Waals surface area contributed by atoms with E-state index in [1.165, 1.54) is 4.90 Å². The fourth-order valence-electron chi connectivity index (χ4n) is 5.21. The van der Waals surface area contributed by atoms with E-state index in [9.17, 15) is 14.7 Å². The van der Waals surface area contributed by atoms with E-state index in [1.807, 2.05) is 24.3 Å². The molecule has 2 bridgehead atoms. The molecule has 10 nitrogen and oxygen atoms in total. The van der Waals surface area contributed by atoms with Crippen molar-refractivity contribution in [2.45, 2.75) is 43.5 Å². The topological polar surface area (TPSA) is 147 Å². The van der Waals surface area contributed by atoms with Crippen molar-refractivity contribution < 1.29 is 19.4 Å². The Labute approximate surface area is 195 Å². The summed E-state index contributed by atoms with van der Waals surface area (Å²) in [5, 5.41) is 18.1. The van der Waals surface area contributed by atoms with E-state index in [1.54, 1.807) is 13.1 Å². The van der Waals surface area contributed by atoms with Gasteiger partial charge in [-0.2, -0.15) is 5.10 Å². The van der Waals surface area contributed by atoms with E-state index in [0.717, 1.165) is 29.7 Å². The number of nitrogens with zero attached hydrogens (tertiary/aromatic N) is 4. The predicted octanol–water partition coefficient (Wildman–Crippen LogP) is 1.46. The number of carbonyl (C=O) groups excluding carboxylic acids is 2. The molecule has 3 atom stereocenters. The molecule has 1 unspecified atom stereocenters. The zero-order chi connectivity index (χ0) is 23.6. The second kappa shape index (κ2) is 7.44. The monoisotopic (exact) mass is 460 g/mol. The van der Waals surface area contributed by atoms with Crippen molar-refractivity contribution in [2.24, 2.45) is 5.73 Å². The third-order valence-electron chi connectivity index (χ3n) is 7.06. The van der Waals surface area contributed by atoms with Gasteiger partial charge in [0.25, 0.3) is 11.8 Å². The van der Waals surface area contributed by atoms with Crippen LogP contribution in [0.1, 0.15) is 52.8 Å². The summed E-state index contributed by atoms with van der Waals surface area (Å²) >= 11 is 0. The molecule has 3 aromatic rings. The molecule has 3 aliphatic heterocycles. The maximum atomic E-state index is 12.4. The van der Waals surface area contributed by atoms with Gasteiger partial charge in [-0.05, 0) is 25.0 Å². The summed E-state index contributed by atoms with van der Waals surface area (Å²) in [6, 6.07) is 9.14. The Hall–Kier alpha value is -3.63. The number of aliphatic hydroxyl groups is 1. The van der Waals surface area contributed by atoms with Crippen molar-refractivity contribution >= 4 is 11.8 Å². The lowest BCUT2D eigenvalue weighted by molar-refractivity contribution is -0.143. The zero-order valence-corrected chi connectivity index (χ0v) is 18.6. The van der Waals surface area contributed by atoms with Crippen molar-refractivity contribution in [1.29, 1.82) is 0 Å². The number of amides is 2. The van der Waals surface area contributed by atoms with Gasteiger partial charge >= 0.3 is 0 Å². The van der Waals surface area contributed by atoms with Crippen LogP contribution < -0.4 is 5.73 Å². The first-order valence-corrected chi connectivity index (χ1v) is 11.3. The number of nitrogens with two attached hydrogens (primary N) is 1. The Morgan fingerprint density at radius 2 is 2.09 bits per heavy atom. The molecule has 2 saturated heterocycles. The van der Waals surface area contributed by atoms with E-state index in [-0.39, 0.29) is 23.8 Å². The molecule has 6 rings (SSSR count). The number of rotatable bonds is 4. The van der Waals surface area contributed by atoms with Crippen LogP contribution in [0.2, 0.25) is 0 Å². The standard InChI is InChI=1S/C24H24N6O4/c1-30-8-7-24(33,23(30)32)18-11-15(28-29-18)12-3-2-4-13(9-12)22-26-16-10-14-5-6-17(34-14)19(16)20(27-22)21(25)31/h2-4,9,11,14,17,33H,5-8,10H2,1H3,(H2,25,31)(H,28,29)/t14-,17+,24?/m1/s1. The second-order valence-electron chi connectivity index (χ2n) is 9.23. The normalized spacial score (nSPS) is 25.6. The van der Waals surface area contributed by atoms with Gasteiger partial charge in [-0.3, -0.25) is 14.7 Å². The number of nitrogens with one attached hydrogen (secondary N) is 1. The minimum atomic E-state index is -1.60. The van der Waals surface area contributed by atoms with E-state index in [0.29, 0.717) is 42.2 Å². The number of aromatic amines is 1. The lowest BCUT2D eigenvalue weighted by atomic mass is 9.97. The Kier molecular flexibility index (Phi) is 4.58. The Morgan fingerprint density at radius 1 is 1.26 bits per heavy atom. The van der Waals surface area contributed by atoms with Gasteiger partial charge in [0.15, 0.2) is 11.4 Å². The van der Waals surface area contributed by atoms with Crippen LogP contribution in [0.3, 0.4) is 0 Å². The van der Waals surface area contributed by atoms with Crippen LogP contribution in [0.15, 0.2) is 30.3 Å².